The first-order valence-electron chi connectivity index (χ1n) is 5.49. The smallest absolute Gasteiger partial charge is 0.316 e. The maximum Gasteiger partial charge on any atom is 0.316 e. The first kappa shape index (κ1) is 13.5. The molecule has 0 bridgehead atoms. The van der Waals surface area contributed by atoms with Gasteiger partial charge in [0.05, 0.1) is 17.9 Å². The fraction of sp³-hybridized carbons (Fsp3) is 0.462. The van der Waals surface area contributed by atoms with Gasteiger partial charge in [0.25, 0.3) is 0 Å². The van der Waals surface area contributed by atoms with Gasteiger partial charge in [-0.2, -0.15) is 0 Å². The molecule has 4 nitrogen and oxygen atoms in total. The van der Waals surface area contributed by atoms with Crippen molar-refractivity contribution in [1.82, 2.24) is 0 Å². The van der Waals surface area contributed by atoms with Gasteiger partial charge in [0.15, 0.2) is 0 Å². The highest BCUT2D eigenvalue weighted by molar-refractivity contribution is 5.75. The summed E-state index contributed by atoms with van der Waals surface area (Å²) in [5.41, 5.74) is -0.524. The summed E-state index contributed by atoms with van der Waals surface area (Å²) >= 11 is 0. The number of aliphatic hydroxyl groups excluding tert-OH is 1. The normalized spacial score (nSPS) is 13.9. The lowest BCUT2D eigenvalue weighted by molar-refractivity contribution is -0.146. The molecular weight excluding hydrogens is 220 g/mol. The maximum atomic E-state index is 11.4. The summed E-state index contributed by atoms with van der Waals surface area (Å²) in [5.74, 6) is 0.193. The SMILES string of the molecule is CC(C)(C)C(=O)O/C=C\CC(O)c1ccco1. The highest BCUT2D eigenvalue weighted by Crippen LogP contribution is 2.18. The van der Waals surface area contributed by atoms with Crippen molar-refractivity contribution < 1.29 is 19.1 Å². The van der Waals surface area contributed by atoms with E-state index in [0.29, 0.717) is 12.2 Å². The van der Waals surface area contributed by atoms with Crippen molar-refractivity contribution in [3.05, 3.63) is 36.5 Å². The van der Waals surface area contributed by atoms with Crippen molar-refractivity contribution in [3.8, 4) is 0 Å². The quantitative estimate of drug-likeness (QED) is 0.647. The van der Waals surface area contributed by atoms with E-state index in [1.165, 1.54) is 12.5 Å². The Bertz CT molecular complexity index is 371. The average molecular weight is 238 g/mol. The molecule has 1 N–H and O–H groups in total. The molecule has 4 heteroatoms. The second-order valence-corrected chi connectivity index (χ2v) is 4.79. The third-order valence-corrected chi connectivity index (χ3v) is 2.11. The van der Waals surface area contributed by atoms with Crippen LogP contribution in [0.2, 0.25) is 0 Å². The minimum absolute atomic E-state index is 0.304. The lowest BCUT2D eigenvalue weighted by Gasteiger charge is -2.14. The lowest BCUT2D eigenvalue weighted by atomic mass is 9.97. The molecule has 1 aromatic rings. The predicted molar refractivity (Wildman–Crippen MR) is 63.0 cm³/mol. The number of aliphatic hydroxyl groups is 1. The summed E-state index contributed by atoms with van der Waals surface area (Å²) < 4.78 is 9.95. The van der Waals surface area contributed by atoms with E-state index in [2.05, 4.69) is 0 Å². The van der Waals surface area contributed by atoms with E-state index in [0.717, 1.165) is 0 Å². The number of furan rings is 1. The Morgan fingerprint density at radius 1 is 1.59 bits per heavy atom. The average Bonchev–Trinajstić information content (AvgIpc) is 2.75. The molecule has 1 aromatic heterocycles. The fourth-order valence-corrected chi connectivity index (χ4v) is 1.07. The van der Waals surface area contributed by atoms with Crippen LogP contribution in [0.3, 0.4) is 0 Å². The van der Waals surface area contributed by atoms with Gasteiger partial charge in [-0.25, -0.2) is 0 Å². The molecule has 0 fully saturated rings. The minimum atomic E-state index is -0.713. The summed E-state index contributed by atoms with van der Waals surface area (Å²) in [6, 6.07) is 3.40. The van der Waals surface area contributed by atoms with Crippen LogP contribution in [0.1, 0.15) is 39.1 Å². The summed E-state index contributed by atoms with van der Waals surface area (Å²) in [5, 5.41) is 9.65. The maximum absolute atomic E-state index is 11.4. The van der Waals surface area contributed by atoms with Crippen LogP contribution in [0.25, 0.3) is 0 Å². The van der Waals surface area contributed by atoms with Crippen molar-refractivity contribution in [2.24, 2.45) is 5.41 Å². The van der Waals surface area contributed by atoms with E-state index in [1.54, 1.807) is 39.0 Å². The Morgan fingerprint density at radius 2 is 2.29 bits per heavy atom. The second-order valence-electron chi connectivity index (χ2n) is 4.79. The number of carbonyl (C=O) groups is 1. The molecule has 0 aliphatic carbocycles. The minimum Gasteiger partial charge on any atom is -0.467 e. The molecule has 1 unspecified atom stereocenters. The van der Waals surface area contributed by atoms with Crippen molar-refractivity contribution in [3.63, 3.8) is 0 Å². The molecule has 0 spiro atoms. The van der Waals surface area contributed by atoms with E-state index >= 15 is 0 Å². The van der Waals surface area contributed by atoms with Crippen LogP contribution >= 0.6 is 0 Å². The van der Waals surface area contributed by atoms with Gasteiger partial charge in [-0.3, -0.25) is 4.79 Å². The van der Waals surface area contributed by atoms with Gasteiger partial charge in [-0.15, -0.1) is 0 Å². The molecule has 1 rings (SSSR count). The number of hydrogen-bond donors (Lipinski definition) is 1. The van der Waals surface area contributed by atoms with E-state index < -0.39 is 11.5 Å². The zero-order valence-electron chi connectivity index (χ0n) is 10.3. The number of ether oxygens (including phenoxy) is 1. The monoisotopic (exact) mass is 238 g/mol. The topological polar surface area (TPSA) is 59.7 Å². The fourth-order valence-electron chi connectivity index (χ4n) is 1.07. The van der Waals surface area contributed by atoms with Crippen LogP contribution in [0.4, 0.5) is 0 Å². The number of carbonyl (C=O) groups excluding carboxylic acids is 1. The van der Waals surface area contributed by atoms with Gasteiger partial charge < -0.3 is 14.3 Å². The van der Waals surface area contributed by atoms with Crippen molar-refractivity contribution >= 4 is 5.97 Å². The van der Waals surface area contributed by atoms with Gasteiger partial charge in [0, 0.05) is 6.42 Å². The third-order valence-electron chi connectivity index (χ3n) is 2.11. The number of esters is 1. The molecular formula is C13H18O4. The first-order chi connectivity index (χ1) is 7.91. The Labute approximate surface area is 101 Å². The lowest BCUT2D eigenvalue weighted by Crippen LogP contribution is -2.20. The summed E-state index contributed by atoms with van der Waals surface area (Å²) in [6.45, 7) is 5.34. The Kier molecular flexibility index (Phi) is 4.52. The molecule has 1 atom stereocenters. The van der Waals surface area contributed by atoms with E-state index in [1.807, 2.05) is 0 Å². The third kappa shape index (κ3) is 4.44. The molecule has 0 aliphatic rings. The summed E-state index contributed by atoms with van der Waals surface area (Å²) in [4.78, 5) is 11.4. The Balaban J connectivity index is 2.34. The van der Waals surface area contributed by atoms with Crippen molar-refractivity contribution in [1.29, 1.82) is 0 Å². The summed E-state index contributed by atoms with van der Waals surface area (Å²) in [6.07, 6.45) is 4.03. The highest BCUT2D eigenvalue weighted by atomic mass is 16.5. The van der Waals surface area contributed by atoms with E-state index in [-0.39, 0.29) is 5.97 Å². The molecule has 0 aromatic carbocycles. The van der Waals surface area contributed by atoms with Gasteiger partial charge in [-0.05, 0) is 39.0 Å². The largest absolute Gasteiger partial charge is 0.467 e. The first-order valence-corrected chi connectivity index (χ1v) is 5.49. The number of rotatable bonds is 4. The zero-order valence-corrected chi connectivity index (χ0v) is 10.3. The summed E-state index contributed by atoms with van der Waals surface area (Å²) in [7, 11) is 0. The van der Waals surface area contributed by atoms with Crippen molar-refractivity contribution in [2.75, 3.05) is 0 Å². The van der Waals surface area contributed by atoms with Crippen LogP contribution in [0, 0.1) is 5.41 Å². The van der Waals surface area contributed by atoms with Gasteiger partial charge in [0.1, 0.15) is 11.9 Å². The second kappa shape index (κ2) is 5.68. The standard InChI is InChI=1S/C13H18O4/c1-13(2,3)12(15)17-9-4-6-10(14)11-7-5-8-16-11/h4-5,7-10,14H,6H2,1-3H3/b9-4-. The molecule has 0 aliphatic heterocycles. The molecule has 0 saturated carbocycles. The van der Waals surface area contributed by atoms with Crippen LogP contribution in [0.15, 0.2) is 35.2 Å². The van der Waals surface area contributed by atoms with Gasteiger partial charge in [-0.1, -0.05) is 0 Å². The molecule has 94 valence electrons. The van der Waals surface area contributed by atoms with Crippen LogP contribution in [0.5, 0.6) is 0 Å². The molecule has 0 radical (unpaired) electrons. The molecule has 17 heavy (non-hydrogen) atoms. The molecule has 0 amide bonds. The van der Waals surface area contributed by atoms with Gasteiger partial charge in [0.2, 0.25) is 0 Å². The predicted octanol–water partition coefficient (Wildman–Crippen LogP) is 2.81. The van der Waals surface area contributed by atoms with Crippen molar-refractivity contribution in [2.45, 2.75) is 33.3 Å². The molecule has 0 saturated heterocycles. The van der Waals surface area contributed by atoms with E-state index in [9.17, 15) is 9.90 Å². The number of hydrogen-bond acceptors (Lipinski definition) is 4. The molecule has 1 heterocycles. The van der Waals surface area contributed by atoms with Crippen LogP contribution < -0.4 is 0 Å². The van der Waals surface area contributed by atoms with Crippen LogP contribution in [-0.4, -0.2) is 11.1 Å². The zero-order chi connectivity index (χ0) is 12.9. The highest BCUT2D eigenvalue weighted by Gasteiger charge is 2.22. The Morgan fingerprint density at radius 3 is 2.82 bits per heavy atom. The van der Waals surface area contributed by atoms with E-state index in [4.69, 9.17) is 9.15 Å². The van der Waals surface area contributed by atoms with Gasteiger partial charge >= 0.3 is 5.97 Å². The van der Waals surface area contributed by atoms with Crippen LogP contribution in [-0.2, 0) is 9.53 Å². The Hall–Kier alpha value is -1.55.